The Kier molecular flexibility index (Phi) is 5.43. The molecule has 0 amide bonds. The van der Waals surface area contributed by atoms with Crippen molar-refractivity contribution in [3.05, 3.63) is 0 Å². The lowest BCUT2D eigenvalue weighted by Crippen LogP contribution is -2.31. The summed E-state index contributed by atoms with van der Waals surface area (Å²) in [4.78, 5) is 0. The van der Waals surface area contributed by atoms with Gasteiger partial charge in [-0.15, -0.1) is 0 Å². The molecule has 4 nitrogen and oxygen atoms in total. The van der Waals surface area contributed by atoms with Gasteiger partial charge in [0, 0.05) is 6.54 Å². The molecule has 0 aliphatic heterocycles. The summed E-state index contributed by atoms with van der Waals surface area (Å²) in [7, 11) is -3.11. The van der Waals surface area contributed by atoms with Gasteiger partial charge in [0.2, 0.25) is 10.0 Å². The van der Waals surface area contributed by atoms with Gasteiger partial charge in [-0.2, -0.15) is 0 Å². The topological polar surface area (TPSA) is 58.2 Å². The summed E-state index contributed by atoms with van der Waals surface area (Å²) in [6.45, 7) is 13.2. The normalized spacial score (nSPS) is 21.5. The second-order valence-corrected chi connectivity index (χ2v) is 8.69. The lowest BCUT2D eigenvalue weighted by Gasteiger charge is -2.08. The summed E-state index contributed by atoms with van der Waals surface area (Å²) in [5.74, 6) is 0.657. The minimum Gasteiger partial charge on any atom is -0.317 e. The van der Waals surface area contributed by atoms with E-state index in [9.17, 15) is 8.42 Å². The molecular formula is C14H30N2O2S. The van der Waals surface area contributed by atoms with Gasteiger partial charge in [0.1, 0.15) is 0 Å². The molecule has 114 valence electrons. The number of rotatable bonds is 9. The van der Waals surface area contributed by atoms with Crippen molar-refractivity contribution in [2.24, 2.45) is 16.7 Å². The third-order valence-corrected chi connectivity index (χ3v) is 6.45. The molecule has 19 heavy (non-hydrogen) atoms. The van der Waals surface area contributed by atoms with E-state index in [4.69, 9.17) is 0 Å². The van der Waals surface area contributed by atoms with Gasteiger partial charge in [0.25, 0.3) is 0 Å². The third-order valence-electron chi connectivity index (χ3n) is 5.02. The average molecular weight is 290 g/mol. The first-order valence-corrected chi connectivity index (χ1v) is 8.98. The van der Waals surface area contributed by atoms with Gasteiger partial charge in [-0.3, -0.25) is 0 Å². The molecule has 0 heterocycles. The van der Waals surface area contributed by atoms with Crippen LogP contribution in [0.3, 0.4) is 0 Å². The van der Waals surface area contributed by atoms with E-state index in [1.807, 2.05) is 0 Å². The fourth-order valence-electron chi connectivity index (χ4n) is 2.81. The Bertz CT molecular complexity index is 374. The average Bonchev–Trinajstić information content (AvgIpc) is 2.66. The summed E-state index contributed by atoms with van der Waals surface area (Å²) in [6.07, 6.45) is 1.75. The largest absolute Gasteiger partial charge is 0.317 e. The van der Waals surface area contributed by atoms with E-state index in [-0.39, 0.29) is 16.6 Å². The molecule has 0 atom stereocenters. The molecule has 1 rings (SSSR count). The van der Waals surface area contributed by atoms with E-state index in [1.165, 1.54) is 0 Å². The molecule has 0 bridgehead atoms. The maximum Gasteiger partial charge on any atom is 0.211 e. The molecule has 2 N–H and O–H groups in total. The minimum atomic E-state index is -3.11. The van der Waals surface area contributed by atoms with E-state index < -0.39 is 10.0 Å². The van der Waals surface area contributed by atoms with E-state index in [0.717, 1.165) is 19.5 Å². The Morgan fingerprint density at radius 3 is 2.11 bits per heavy atom. The Labute approximate surface area is 118 Å². The van der Waals surface area contributed by atoms with Crippen LogP contribution in [0.15, 0.2) is 0 Å². The van der Waals surface area contributed by atoms with Gasteiger partial charge in [-0.25, -0.2) is 13.1 Å². The van der Waals surface area contributed by atoms with Crippen molar-refractivity contribution < 1.29 is 8.42 Å². The predicted molar refractivity (Wildman–Crippen MR) is 80.6 cm³/mol. The maximum absolute atomic E-state index is 11.9. The van der Waals surface area contributed by atoms with Crippen molar-refractivity contribution in [1.82, 2.24) is 10.0 Å². The van der Waals surface area contributed by atoms with Crippen LogP contribution in [0, 0.1) is 16.7 Å². The molecule has 0 aromatic rings. The van der Waals surface area contributed by atoms with E-state index in [0.29, 0.717) is 18.9 Å². The van der Waals surface area contributed by atoms with Crippen LogP contribution in [0.1, 0.15) is 47.5 Å². The van der Waals surface area contributed by atoms with Crippen LogP contribution in [0.5, 0.6) is 0 Å². The van der Waals surface area contributed by atoms with Crippen molar-refractivity contribution in [2.75, 3.05) is 25.4 Å². The first kappa shape index (κ1) is 16.9. The lowest BCUT2D eigenvalue weighted by molar-refractivity contribution is 0.457. The first-order chi connectivity index (χ1) is 8.65. The quantitative estimate of drug-likeness (QED) is 0.638. The highest BCUT2D eigenvalue weighted by atomic mass is 32.2. The van der Waals surface area contributed by atoms with E-state index in [1.54, 1.807) is 0 Å². The number of nitrogens with one attached hydrogen (secondary N) is 2. The Hall–Kier alpha value is -0.130. The molecule has 0 aromatic heterocycles. The Balaban J connectivity index is 2.25. The van der Waals surface area contributed by atoms with Crippen molar-refractivity contribution in [2.45, 2.75) is 47.5 Å². The van der Waals surface area contributed by atoms with Gasteiger partial charge in [-0.05, 0) is 42.7 Å². The maximum atomic E-state index is 11.9. The van der Waals surface area contributed by atoms with E-state index >= 15 is 0 Å². The lowest BCUT2D eigenvalue weighted by atomic mass is 10.0. The fourth-order valence-corrected chi connectivity index (χ4v) is 3.90. The van der Waals surface area contributed by atoms with Crippen molar-refractivity contribution in [3.63, 3.8) is 0 Å². The van der Waals surface area contributed by atoms with Crippen LogP contribution in [0.25, 0.3) is 0 Å². The molecule has 1 aliphatic rings. The van der Waals surface area contributed by atoms with Gasteiger partial charge in [0.05, 0.1) is 5.75 Å². The number of sulfonamides is 1. The molecule has 0 unspecified atom stereocenters. The molecule has 1 saturated carbocycles. The molecule has 5 heteroatoms. The van der Waals surface area contributed by atoms with Crippen molar-refractivity contribution >= 4 is 10.0 Å². The second kappa shape index (κ2) is 6.10. The van der Waals surface area contributed by atoms with Crippen LogP contribution in [0.2, 0.25) is 0 Å². The van der Waals surface area contributed by atoms with Crippen LogP contribution < -0.4 is 10.0 Å². The molecule has 1 aliphatic carbocycles. The highest BCUT2D eigenvalue weighted by Gasteiger charge is 2.64. The molecule has 0 radical (unpaired) electrons. The smallest absolute Gasteiger partial charge is 0.211 e. The number of hydrogen-bond donors (Lipinski definition) is 2. The van der Waals surface area contributed by atoms with Crippen LogP contribution in [-0.4, -0.2) is 33.8 Å². The fraction of sp³-hybridized carbons (Fsp3) is 1.00. The SMILES string of the molecule is CCCNCCCS(=O)(=O)NCC1C(C)(C)C1(C)C. The van der Waals surface area contributed by atoms with Crippen LogP contribution in [-0.2, 0) is 10.0 Å². The summed E-state index contributed by atoms with van der Waals surface area (Å²) >= 11 is 0. The highest BCUT2D eigenvalue weighted by Crippen LogP contribution is 2.67. The summed E-state index contributed by atoms with van der Waals surface area (Å²) < 4.78 is 26.5. The summed E-state index contributed by atoms with van der Waals surface area (Å²) in [5, 5.41) is 3.22. The highest BCUT2D eigenvalue weighted by molar-refractivity contribution is 7.89. The van der Waals surface area contributed by atoms with E-state index in [2.05, 4.69) is 44.7 Å². The summed E-state index contributed by atoms with van der Waals surface area (Å²) in [6, 6.07) is 0. The molecular weight excluding hydrogens is 260 g/mol. The minimum absolute atomic E-state index is 0.220. The van der Waals surface area contributed by atoms with Crippen LogP contribution >= 0.6 is 0 Å². The predicted octanol–water partition coefficient (Wildman–Crippen LogP) is 1.98. The molecule has 0 aromatic carbocycles. The zero-order chi connectivity index (χ0) is 14.7. The van der Waals surface area contributed by atoms with Gasteiger partial charge in [-0.1, -0.05) is 34.6 Å². The zero-order valence-corrected chi connectivity index (χ0v) is 13.9. The molecule has 0 saturated heterocycles. The first-order valence-electron chi connectivity index (χ1n) is 7.33. The van der Waals surface area contributed by atoms with Gasteiger partial charge >= 0.3 is 0 Å². The standard InChI is InChI=1S/C14H30N2O2S/c1-6-8-15-9-7-10-19(17,18)16-11-12-13(2,3)14(12,4)5/h12,15-16H,6-11H2,1-5H3. The van der Waals surface area contributed by atoms with Gasteiger partial charge in [0.15, 0.2) is 0 Å². The van der Waals surface area contributed by atoms with Crippen LogP contribution in [0.4, 0.5) is 0 Å². The molecule has 0 spiro atoms. The third kappa shape index (κ3) is 4.17. The Morgan fingerprint density at radius 2 is 1.63 bits per heavy atom. The Morgan fingerprint density at radius 1 is 1.05 bits per heavy atom. The van der Waals surface area contributed by atoms with Crippen molar-refractivity contribution in [3.8, 4) is 0 Å². The van der Waals surface area contributed by atoms with Gasteiger partial charge < -0.3 is 5.32 Å². The number of hydrogen-bond acceptors (Lipinski definition) is 3. The second-order valence-electron chi connectivity index (χ2n) is 6.77. The van der Waals surface area contributed by atoms with Crippen molar-refractivity contribution in [1.29, 1.82) is 0 Å². The monoisotopic (exact) mass is 290 g/mol. The molecule has 1 fully saturated rings. The zero-order valence-electron chi connectivity index (χ0n) is 13.0. The summed E-state index contributed by atoms with van der Waals surface area (Å²) in [5.41, 5.74) is 0.469.